The molecule has 1 aliphatic rings. The molecule has 0 heterocycles. The van der Waals surface area contributed by atoms with Gasteiger partial charge in [0.25, 0.3) is 0 Å². The van der Waals surface area contributed by atoms with Gasteiger partial charge in [-0.3, -0.25) is 0 Å². The maximum absolute atomic E-state index is 5.98. The van der Waals surface area contributed by atoms with E-state index < -0.39 is 0 Å². The van der Waals surface area contributed by atoms with Crippen molar-refractivity contribution in [3.63, 3.8) is 0 Å². The summed E-state index contributed by atoms with van der Waals surface area (Å²) in [6.07, 6.45) is 7.14. The number of hydrogen-bond acceptors (Lipinski definition) is 1. The first-order valence-corrected chi connectivity index (χ1v) is 6.00. The molecule has 0 saturated heterocycles. The molecule has 1 aliphatic carbocycles. The van der Waals surface area contributed by atoms with Gasteiger partial charge in [-0.15, -0.1) is 0 Å². The van der Waals surface area contributed by atoms with Crippen molar-refractivity contribution in [2.75, 3.05) is 5.33 Å². The van der Waals surface area contributed by atoms with Crippen molar-refractivity contribution >= 4 is 15.9 Å². The van der Waals surface area contributed by atoms with Crippen molar-refractivity contribution in [3.05, 3.63) is 0 Å². The number of halogens is 1. The molecule has 0 aromatic rings. The quantitative estimate of drug-likeness (QED) is 0.680. The van der Waals surface area contributed by atoms with Gasteiger partial charge in [-0.2, -0.15) is 0 Å². The van der Waals surface area contributed by atoms with E-state index in [-0.39, 0.29) is 5.60 Å². The van der Waals surface area contributed by atoms with E-state index in [1.165, 1.54) is 32.1 Å². The first-order valence-electron chi connectivity index (χ1n) is 4.88. The van der Waals surface area contributed by atoms with Gasteiger partial charge in [0.1, 0.15) is 0 Å². The van der Waals surface area contributed by atoms with Crippen LogP contribution in [0.5, 0.6) is 0 Å². The first kappa shape index (κ1) is 10.5. The summed E-state index contributed by atoms with van der Waals surface area (Å²) in [5.41, 5.74) is 0.0159. The Bertz CT molecular complexity index is 128. The van der Waals surface area contributed by atoms with Crippen LogP contribution in [0.25, 0.3) is 0 Å². The molecule has 0 atom stereocenters. The Morgan fingerprint density at radius 3 is 2.33 bits per heavy atom. The second-order valence-electron chi connectivity index (χ2n) is 4.27. The third kappa shape index (κ3) is 3.44. The smallest absolute Gasteiger partial charge is 0.0726 e. The highest BCUT2D eigenvalue weighted by Gasteiger charge is 2.23. The van der Waals surface area contributed by atoms with Crippen LogP contribution >= 0.6 is 15.9 Å². The van der Waals surface area contributed by atoms with E-state index in [1.54, 1.807) is 0 Å². The lowest BCUT2D eigenvalue weighted by atomic mass is 9.97. The standard InChI is InChI=1S/C10H19BrO/c1-10(2,8-11)12-9-6-4-3-5-7-9/h9H,3-8H2,1-2H3. The van der Waals surface area contributed by atoms with Crippen molar-refractivity contribution in [2.45, 2.75) is 57.7 Å². The van der Waals surface area contributed by atoms with Crippen LogP contribution in [0.4, 0.5) is 0 Å². The fourth-order valence-corrected chi connectivity index (χ4v) is 1.80. The molecule has 0 aromatic heterocycles. The Morgan fingerprint density at radius 1 is 1.25 bits per heavy atom. The van der Waals surface area contributed by atoms with Crippen molar-refractivity contribution < 1.29 is 4.74 Å². The summed E-state index contributed by atoms with van der Waals surface area (Å²) in [6, 6.07) is 0. The number of rotatable bonds is 3. The Hall–Kier alpha value is 0.440. The topological polar surface area (TPSA) is 9.23 Å². The maximum atomic E-state index is 5.98. The lowest BCUT2D eigenvalue weighted by Crippen LogP contribution is -2.33. The molecule has 1 nitrogen and oxygen atoms in total. The van der Waals surface area contributed by atoms with E-state index in [0.717, 1.165) is 5.33 Å². The third-order valence-electron chi connectivity index (χ3n) is 2.36. The summed E-state index contributed by atoms with van der Waals surface area (Å²) in [5, 5.41) is 0.927. The Morgan fingerprint density at radius 2 is 1.83 bits per heavy atom. The number of hydrogen-bond donors (Lipinski definition) is 0. The molecule has 12 heavy (non-hydrogen) atoms. The monoisotopic (exact) mass is 234 g/mol. The minimum absolute atomic E-state index is 0.0159. The van der Waals surface area contributed by atoms with Gasteiger partial charge in [-0.25, -0.2) is 0 Å². The molecule has 72 valence electrons. The van der Waals surface area contributed by atoms with E-state index in [4.69, 9.17) is 4.74 Å². The van der Waals surface area contributed by atoms with E-state index in [2.05, 4.69) is 29.8 Å². The number of ether oxygens (including phenoxy) is 1. The van der Waals surface area contributed by atoms with Crippen LogP contribution in [-0.2, 0) is 4.74 Å². The molecule has 0 spiro atoms. The summed E-state index contributed by atoms with van der Waals surface area (Å²) in [7, 11) is 0. The zero-order valence-electron chi connectivity index (χ0n) is 8.11. The van der Waals surface area contributed by atoms with Crippen LogP contribution in [0.3, 0.4) is 0 Å². The number of alkyl halides is 1. The molecule has 1 saturated carbocycles. The van der Waals surface area contributed by atoms with Gasteiger partial charge in [0.15, 0.2) is 0 Å². The summed E-state index contributed by atoms with van der Waals surface area (Å²) < 4.78 is 5.98. The normalized spacial score (nSPS) is 21.2. The van der Waals surface area contributed by atoms with Crippen LogP contribution in [-0.4, -0.2) is 17.0 Å². The van der Waals surface area contributed by atoms with Crippen molar-refractivity contribution in [1.29, 1.82) is 0 Å². The van der Waals surface area contributed by atoms with Crippen LogP contribution in [0.2, 0.25) is 0 Å². The van der Waals surface area contributed by atoms with Gasteiger partial charge in [-0.1, -0.05) is 35.2 Å². The highest BCUT2D eigenvalue weighted by molar-refractivity contribution is 9.09. The predicted octanol–water partition coefficient (Wildman–Crippen LogP) is 3.51. The molecule has 0 bridgehead atoms. The minimum Gasteiger partial charge on any atom is -0.371 e. The van der Waals surface area contributed by atoms with E-state index in [9.17, 15) is 0 Å². The molecule has 1 rings (SSSR count). The highest BCUT2D eigenvalue weighted by atomic mass is 79.9. The Kier molecular flexibility index (Phi) is 4.04. The fourth-order valence-electron chi connectivity index (χ4n) is 1.67. The molecule has 0 aliphatic heterocycles. The van der Waals surface area contributed by atoms with Crippen LogP contribution in [0.15, 0.2) is 0 Å². The molecule has 0 amide bonds. The maximum Gasteiger partial charge on any atom is 0.0726 e. The van der Waals surface area contributed by atoms with E-state index in [1.807, 2.05) is 0 Å². The van der Waals surface area contributed by atoms with Crippen molar-refractivity contribution in [1.82, 2.24) is 0 Å². The molecule has 1 fully saturated rings. The second kappa shape index (κ2) is 4.61. The molecule has 0 unspecified atom stereocenters. The zero-order valence-corrected chi connectivity index (χ0v) is 9.69. The SMILES string of the molecule is CC(C)(CBr)OC1CCCCC1. The zero-order chi connectivity index (χ0) is 9.03. The Balaban J connectivity index is 2.28. The Labute approximate surface area is 84.0 Å². The van der Waals surface area contributed by atoms with Crippen LogP contribution in [0.1, 0.15) is 46.0 Å². The lowest BCUT2D eigenvalue weighted by Gasteiger charge is -2.31. The molecule has 2 heteroatoms. The van der Waals surface area contributed by atoms with Gasteiger partial charge in [0, 0.05) is 5.33 Å². The summed E-state index contributed by atoms with van der Waals surface area (Å²) in [4.78, 5) is 0. The summed E-state index contributed by atoms with van der Waals surface area (Å²) in [6.45, 7) is 4.30. The third-order valence-corrected chi connectivity index (χ3v) is 3.71. The van der Waals surface area contributed by atoms with Crippen molar-refractivity contribution in [2.24, 2.45) is 0 Å². The first-order chi connectivity index (χ1) is 5.64. The van der Waals surface area contributed by atoms with E-state index in [0.29, 0.717) is 6.10 Å². The highest BCUT2D eigenvalue weighted by Crippen LogP contribution is 2.25. The summed E-state index contributed by atoms with van der Waals surface area (Å²) in [5.74, 6) is 0. The molecule has 0 aromatic carbocycles. The minimum atomic E-state index is 0.0159. The van der Waals surface area contributed by atoms with Gasteiger partial charge >= 0.3 is 0 Å². The molecule has 0 N–H and O–H groups in total. The van der Waals surface area contributed by atoms with Crippen molar-refractivity contribution in [3.8, 4) is 0 Å². The lowest BCUT2D eigenvalue weighted by molar-refractivity contribution is -0.0697. The predicted molar refractivity (Wildman–Crippen MR) is 55.8 cm³/mol. The van der Waals surface area contributed by atoms with E-state index >= 15 is 0 Å². The van der Waals surface area contributed by atoms with Crippen LogP contribution in [0, 0.1) is 0 Å². The van der Waals surface area contributed by atoms with Gasteiger partial charge in [0.2, 0.25) is 0 Å². The largest absolute Gasteiger partial charge is 0.371 e. The fraction of sp³-hybridized carbons (Fsp3) is 1.00. The molecular weight excluding hydrogens is 216 g/mol. The van der Waals surface area contributed by atoms with Gasteiger partial charge in [-0.05, 0) is 26.7 Å². The summed E-state index contributed by atoms with van der Waals surface area (Å²) >= 11 is 3.47. The molecule has 0 radical (unpaired) electrons. The average molecular weight is 235 g/mol. The van der Waals surface area contributed by atoms with Gasteiger partial charge in [0.05, 0.1) is 11.7 Å². The van der Waals surface area contributed by atoms with Crippen LogP contribution < -0.4 is 0 Å². The average Bonchev–Trinajstić information content (AvgIpc) is 2.06. The van der Waals surface area contributed by atoms with Gasteiger partial charge < -0.3 is 4.74 Å². The molecular formula is C10H19BrO. The second-order valence-corrected chi connectivity index (χ2v) is 4.83.